The topological polar surface area (TPSA) is 49.3 Å². The van der Waals surface area contributed by atoms with Gasteiger partial charge in [-0.1, -0.05) is 30.3 Å². The first kappa shape index (κ1) is 15.0. The van der Waals surface area contributed by atoms with Crippen LogP contribution in [0.2, 0.25) is 0 Å². The van der Waals surface area contributed by atoms with Gasteiger partial charge in [-0.2, -0.15) is 0 Å². The van der Waals surface area contributed by atoms with E-state index in [0.29, 0.717) is 0 Å². The fourth-order valence-electron chi connectivity index (χ4n) is 1.72. The monoisotopic (exact) mass is 351 g/mol. The maximum absolute atomic E-state index is 11.8. The summed E-state index contributed by atoms with van der Waals surface area (Å²) < 4.78 is 1.02. The van der Waals surface area contributed by atoms with Crippen LogP contribution in [0.5, 0.6) is 0 Å². The average Bonchev–Trinajstić information content (AvgIpc) is 2.89. The Morgan fingerprint density at radius 1 is 1.30 bits per heavy atom. The predicted octanol–water partition coefficient (Wildman–Crippen LogP) is 3.37. The molecule has 2 aromatic rings. The lowest BCUT2D eigenvalue weighted by atomic mass is 10.1. The van der Waals surface area contributed by atoms with E-state index in [-0.39, 0.29) is 18.6 Å². The summed E-state index contributed by atoms with van der Waals surface area (Å²) in [6.45, 7) is -0.131. The molecule has 104 valence electrons. The third-order valence-electron chi connectivity index (χ3n) is 2.69. The maximum atomic E-state index is 11.8. The van der Waals surface area contributed by atoms with Gasteiger partial charge in [-0.25, -0.2) is 0 Å². The number of thiophene rings is 1. The van der Waals surface area contributed by atoms with Crippen molar-refractivity contribution in [2.45, 2.75) is 6.04 Å². The zero-order chi connectivity index (χ0) is 14.4. The Balaban J connectivity index is 1.98. The van der Waals surface area contributed by atoms with Crippen LogP contribution in [0.4, 0.5) is 0 Å². The van der Waals surface area contributed by atoms with Crippen LogP contribution in [0.3, 0.4) is 0 Å². The van der Waals surface area contributed by atoms with E-state index >= 15 is 0 Å². The molecular formula is C15H14BrNO2S. The molecule has 1 aromatic heterocycles. The summed E-state index contributed by atoms with van der Waals surface area (Å²) in [5, 5.41) is 12.2. The van der Waals surface area contributed by atoms with E-state index in [1.54, 1.807) is 17.4 Å². The Morgan fingerprint density at radius 2 is 2.05 bits per heavy atom. The van der Waals surface area contributed by atoms with Crippen molar-refractivity contribution in [2.24, 2.45) is 0 Å². The Hall–Kier alpha value is -1.43. The van der Waals surface area contributed by atoms with E-state index in [1.165, 1.54) is 6.08 Å². The SMILES string of the molecule is O=C(/C=C/c1ccc(Br)s1)N[C@@H](CO)c1ccccc1. The molecule has 0 radical (unpaired) electrons. The van der Waals surface area contributed by atoms with Crippen molar-refractivity contribution in [1.82, 2.24) is 5.32 Å². The van der Waals surface area contributed by atoms with Gasteiger partial charge in [0, 0.05) is 11.0 Å². The van der Waals surface area contributed by atoms with Crippen LogP contribution in [-0.4, -0.2) is 17.6 Å². The number of hydrogen-bond acceptors (Lipinski definition) is 3. The van der Waals surface area contributed by atoms with Crippen molar-refractivity contribution >= 4 is 39.2 Å². The van der Waals surface area contributed by atoms with E-state index in [2.05, 4.69) is 21.2 Å². The number of aliphatic hydroxyl groups excluding tert-OH is 1. The van der Waals surface area contributed by atoms with Gasteiger partial charge in [0.25, 0.3) is 0 Å². The lowest BCUT2D eigenvalue weighted by molar-refractivity contribution is -0.117. The number of rotatable bonds is 5. The van der Waals surface area contributed by atoms with Crippen LogP contribution in [-0.2, 0) is 4.79 Å². The van der Waals surface area contributed by atoms with Crippen LogP contribution in [0, 0.1) is 0 Å². The van der Waals surface area contributed by atoms with Crippen molar-refractivity contribution in [3.8, 4) is 0 Å². The van der Waals surface area contributed by atoms with E-state index < -0.39 is 0 Å². The summed E-state index contributed by atoms with van der Waals surface area (Å²) in [6.07, 6.45) is 3.23. The van der Waals surface area contributed by atoms with Crippen LogP contribution >= 0.6 is 27.3 Å². The van der Waals surface area contributed by atoms with Gasteiger partial charge in [0.15, 0.2) is 0 Å². The third-order valence-corrected chi connectivity index (χ3v) is 4.28. The number of benzene rings is 1. The van der Waals surface area contributed by atoms with Crippen molar-refractivity contribution in [3.05, 3.63) is 62.8 Å². The molecule has 0 saturated carbocycles. The molecule has 0 fully saturated rings. The molecule has 1 amide bonds. The molecule has 3 nitrogen and oxygen atoms in total. The molecule has 0 aliphatic carbocycles. The highest BCUT2D eigenvalue weighted by molar-refractivity contribution is 9.11. The van der Waals surface area contributed by atoms with Gasteiger partial charge in [0.2, 0.25) is 5.91 Å². The fourth-order valence-corrected chi connectivity index (χ4v) is 3.04. The van der Waals surface area contributed by atoms with Crippen LogP contribution in [0.1, 0.15) is 16.5 Å². The van der Waals surface area contributed by atoms with Crippen molar-refractivity contribution in [3.63, 3.8) is 0 Å². The second-order valence-electron chi connectivity index (χ2n) is 4.13. The molecule has 20 heavy (non-hydrogen) atoms. The summed E-state index contributed by atoms with van der Waals surface area (Å²) in [5.74, 6) is -0.225. The third kappa shape index (κ3) is 4.30. The summed E-state index contributed by atoms with van der Waals surface area (Å²) in [4.78, 5) is 12.8. The van der Waals surface area contributed by atoms with E-state index in [4.69, 9.17) is 0 Å². The van der Waals surface area contributed by atoms with Gasteiger partial charge < -0.3 is 10.4 Å². The second-order valence-corrected chi connectivity index (χ2v) is 6.62. The molecule has 0 spiro atoms. The van der Waals surface area contributed by atoms with Gasteiger partial charge in [-0.3, -0.25) is 4.79 Å². The Labute approximate surface area is 130 Å². The zero-order valence-electron chi connectivity index (χ0n) is 10.6. The molecule has 0 bridgehead atoms. The van der Waals surface area contributed by atoms with Crippen LogP contribution in [0.15, 0.2) is 52.3 Å². The highest BCUT2D eigenvalue weighted by Crippen LogP contribution is 2.23. The predicted molar refractivity (Wildman–Crippen MR) is 85.5 cm³/mol. The molecule has 1 atom stereocenters. The number of amides is 1. The number of nitrogens with one attached hydrogen (secondary N) is 1. The number of carbonyl (C=O) groups is 1. The maximum Gasteiger partial charge on any atom is 0.244 e. The van der Waals surface area contributed by atoms with Gasteiger partial charge >= 0.3 is 0 Å². The van der Waals surface area contributed by atoms with Gasteiger partial charge in [-0.15, -0.1) is 11.3 Å². The molecule has 2 rings (SSSR count). The molecule has 0 unspecified atom stereocenters. The quantitative estimate of drug-likeness (QED) is 0.811. The minimum atomic E-state index is -0.386. The first-order valence-electron chi connectivity index (χ1n) is 6.09. The molecule has 0 saturated heterocycles. The molecule has 1 heterocycles. The van der Waals surface area contributed by atoms with Gasteiger partial charge in [0.1, 0.15) is 0 Å². The van der Waals surface area contributed by atoms with E-state index in [0.717, 1.165) is 14.2 Å². The van der Waals surface area contributed by atoms with E-state index in [1.807, 2.05) is 42.5 Å². The molecule has 0 aliphatic heterocycles. The van der Waals surface area contributed by atoms with Crippen molar-refractivity contribution < 1.29 is 9.90 Å². The number of carbonyl (C=O) groups excluding carboxylic acids is 1. The largest absolute Gasteiger partial charge is 0.394 e. The minimum absolute atomic E-state index is 0.131. The first-order valence-corrected chi connectivity index (χ1v) is 7.69. The normalized spacial score (nSPS) is 12.5. The summed E-state index contributed by atoms with van der Waals surface area (Å²) in [6, 6.07) is 12.9. The summed E-state index contributed by atoms with van der Waals surface area (Å²) in [5.41, 5.74) is 0.885. The van der Waals surface area contributed by atoms with Crippen molar-refractivity contribution in [2.75, 3.05) is 6.61 Å². The molecule has 0 aliphatic rings. The second kappa shape index (κ2) is 7.38. The lowest BCUT2D eigenvalue weighted by Crippen LogP contribution is -2.29. The van der Waals surface area contributed by atoms with Gasteiger partial charge in [-0.05, 0) is 39.7 Å². The standard InChI is InChI=1S/C15H14BrNO2S/c16-14-8-6-12(20-14)7-9-15(19)17-13(10-18)11-4-2-1-3-5-11/h1-9,13,18H,10H2,(H,17,19)/b9-7+/t13-/m0/s1. The Kier molecular flexibility index (Phi) is 5.52. The summed E-state index contributed by atoms with van der Waals surface area (Å²) in [7, 11) is 0. The smallest absolute Gasteiger partial charge is 0.244 e. The molecular weight excluding hydrogens is 338 g/mol. The minimum Gasteiger partial charge on any atom is -0.394 e. The fraction of sp³-hybridized carbons (Fsp3) is 0.133. The van der Waals surface area contributed by atoms with E-state index in [9.17, 15) is 9.90 Å². The van der Waals surface area contributed by atoms with Gasteiger partial charge in [0.05, 0.1) is 16.4 Å². The Bertz CT molecular complexity index is 595. The van der Waals surface area contributed by atoms with Crippen LogP contribution < -0.4 is 5.32 Å². The lowest BCUT2D eigenvalue weighted by Gasteiger charge is -2.15. The molecule has 2 N–H and O–H groups in total. The molecule has 1 aromatic carbocycles. The highest BCUT2D eigenvalue weighted by Gasteiger charge is 2.11. The highest BCUT2D eigenvalue weighted by atomic mass is 79.9. The summed E-state index contributed by atoms with van der Waals surface area (Å²) >= 11 is 4.92. The van der Waals surface area contributed by atoms with Crippen LogP contribution in [0.25, 0.3) is 6.08 Å². The zero-order valence-corrected chi connectivity index (χ0v) is 13.0. The number of halogens is 1. The number of aliphatic hydroxyl groups is 1. The first-order chi connectivity index (χ1) is 9.69. The number of hydrogen-bond donors (Lipinski definition) is 2. The van der Waals surface area contributed by atoms with Crippen molar-refractivity contribution in [1.29, 1.82) is 0 Å². The Morgan fingerprint density at radius 3 is 2.65 bits per heavy atom. The average molecular weight is 352 g/mol. The molecule has 5 heteroatoms.